The molecule has 0 radical (unpaired) electrons. The lowest BCUT2D eigenvalue weighted by Crippen LogP contribution is -2.36. The molecule has 13 heavy (non-hydrogen) atoms. The number of para-hydroxylation sites is 2. The molecule has 0 unspecified atom stereocenters. The van der Waals surface area contributed by atoms with Crippen LogP contribution in [0, 0.1) is 0 Å². The predicted molar refractivity (Wildman–Crippen MR) is 44.0 cm³/mol. The van der Waals surface area contributed by atoms with E-state index in [2.05, 4.69) is 0 Å². The molecule has 2 rings (SSSR count). The number of carbonyl (C=O) groups is 1. The van der Waals surface area contributed by atoms with Gasteiger partial charge in [0.1, 0.15) is 6.61 Å². The number of carboxylic acids is 1. The third-order valence-electron chi connectivity index (χ3n) is 1.78. The van der Waals surface area contributed by atoms with E-state index in [4.69, 9.17) is 14.6 Å². The third-order valence-corrected chi connectivity index (χ3v) is 1.78. The van der Waals surface area contributed by atoms with Gasteiger partial charge in [0, 0.05) is 0 Å². The number of aliphatic carboxylic acids is 1. The highest BCUT2D eigenvalue weighted by molar-refractivity contribution is 5.73. The third kappa shape index (κ3) is 1.42. The van der Waals surface area contributed by atoms with E-state index in [0.717, 1.165) is 0 Å². The van der Waals surface area contributed by atoms with Gasteiger partial charge in [0.25, 0.3) is 0 Å². The average molecular weight is 180 g/mol. The molecule has 1 aliphatic rings. The molecule has 4 nitrogen and oxygen atoms in total. The van der Waals surface area contributed by atoms with Gasteiger partial charge < -0.3 is 14.6 Å². The number of hydrogen-bond donors (Lipinski definition) is 1. The molecule has 4 heteroatoms. The van der Waals surface area contributed by atoms with E-state index in [1.165, 1.54) is 0 Å². The molecule has 1 aliphatic heterocycles. The summed E-state index contributed by atoms with van der Waals surface area (Å²) >= 11 is 0. The minimum Gasteiger partial charge on any atom is -0.485 e. The van der Waals surface area contributed by atoms with Gasteiger partial charge in [-0.05, 0) is 12.1 Å². The lowest BCUT2D eigenvalue weighted by molar-refractivity contribution is -0.147. The summed E-state index contributed by atoms with van der Waals surface area (Å²) in [6, 6.07) is 7.01. The summed E-state index contributed by atoms with van der Waals surface area (Å²) in [6.07, 6.45) is -0.894. The van der Waals surface area contributed by atoms with Crippen LogP contribution >= 0.6 is 0 Å². The molecule has 1 heterocycles. The van der Waals surface area contributed by atoms with Crippen molar-refractivity contribution in [2.75, 3.05) is 6.61 Å². The van der Waals surface area contributed by atoms with Gasteiger partial charge in [0.05, 0.1) is 0 Å². The number of carboxylic acid groups (broad SMARTS) is 1. The summed E-state index contributed by atoms with van der Waals surface area (Å²) in [7, 11) is 0. The number of ether oxygens (including phenoxy) is 2. The first-order valence-corrected chi connectivity index (χ1v) is 3.88. The lowest BCUT2D eigenvalue weighted by atomic mass is 10.2. The van der Waals surface area contributed by atoms with Crippen molar-refractivity contribution in [3.8, 4) is 11.5 Å². The van der Waals surface area contributed by atoms with Gasteiger partial charge in [0.2, 0.25) is 6.10 Å². The van der Waals surface area contributed by atoms with Crippen LogP contribution in [0.5, 0.6) is 11.5 Å². The molecule has 1 atom stereocenters. The van der Waals surface area contributed by atoms with Crippen molar-refractivity contribution in [3.05, 3.63) is 24.3 Å². The summed E-state index contributed by atoms with van der Waals surface area (Å²) in [5, 5.41) is 8.66. The van der Waals surface area contributed by atoms with Gasteiger partial charge in [-0.2, -0.15) is 0 Å². The zero-order valence-corrected chi connectivity index (χ0v) is 6.77. The maximum absolute atomic E-state index is 10.6. The molecule has 1 aromatic carbocycles. The Morgan fingerprint density at radius 3 is 2.77 bits per heavy atom. The molecule has 0 bridgehead atoms. The molecule has 0 amide bonds. The Labute approximate surface area is 74.7 Å². The minimum atomic E-state index is -1.01. The van der Waals surface area contributed by atoms with Crippen molar-refractivity contribution < 1.29 is 19.4 Å². The highest BCUT2D eigenvalue weighted by Gasteiger charge is 2.26. The number of fused-ring (bicyclic) bond motifs is 1. The van der Waals surface area contributed by atoms with E-state index in [9.17, 15) is 4.79 Å². The maximum atomic E-state index is 10.6. The molecule has 1 aromatic rings. The molecular formula is C9H8O4. The predicted octanol–water partition coefficient (Wildman–Crippen LogP) is 0.911. The van der Waals surface area contributed by atoms with Crippen molar-refractivity contribution >= 4 is 5.97 Å². The van der Waals surface area contributed by atoms with Crippen LogP contribution in [0.25, 0.3) is 0 Å². The number of rotatable bonds is 1. The highest BCUT2D eigenvalue weighted by atomic mass is 16.6. The van der Waals surface area contributed by atoms with E-state index in [1.54, 1.807) is 18.2 Å². The topological polar surface area (TPSA) is 55.8 Å². The standard InChI is InChI=1S/C9H8O4/c10-9(11)8-5-12-6-3-1-2-4-7(6)13-8/h1-4,8H,5H2,(H,10,11)/t8-/m0/s1. The Morgan fingerprint density at radius 2 is 2.08 bits per heavy atom. The van der Waals surface area contributed by atoms with Crippen molar-refractivity contribution in [2.24, 2.45) is 0 Å². The van der Waals surface area contributed by atoms with Crippen LogP contribution in [0.4, 0.5) is 0 Å². The first-order valence-electron chi connectivity index (χ1n) is 3.88. The van der Waals surface area contributed by atoms with Gasteiger partial charge >= 0.3 is 5.97 Å². The lowest BCUT2D eigenvalue weighted by Gasteiger charge is -2.23. The monoisotopic (exact) mass is 180 g/mol. The zero-order chi connectivity index (χ0) is 9.26. The SMILES string of the molecule is O=C(O)[C@@H]1COc2ccccc2O1. The number of hydrogen-bond acceptors (Lipinski definition) is 3. The van der Waals surface area contributed by atoms with Crippen LogP contribution < -0.4 is 9.47 Å². The van der Waals surface area contributed by atoms with E-state index in [1.807, 2.05) is 6.07 Å². The molecule has 0 saturated heterocycles. The number of benzene rings is 1. The first-order chi connectivity index (χ1) is 6.27. The molecular weight excluding hydrogens is 172 g/mol. The molecule has 0 saturated carbocycles. The van der Waals surface area contributed by atoms with Gasteiger partial charge in [-0.25, -0.2) is 4.79 Å². The van der Waals surface area contributed by atoms with Crippen molar-refractivity contribution in [2.45, 2.75) is 6.10 Å². The first kappa shape index (κ1) is 7.91. The van der Waals surface area contributed by atoms with E-state index >= 15 is 0 Å². The minimum absolute atomic E-state index is 0.0619. The van der Waals surface area contributed by atoms with E-state index < -0.39 is 12.1 Å². The van der Waals surface area contributed by atoms with Crippen LogP contribution in [-0.2, 0) is 4.79 Å². The molecule has 0 aromatic heterocycles. The average Bonchev–Trinajstić information content (AvgIpc) is 2.17. The molecule has 0 spiro atoms. The van der Waals surface area contributed by atoms with Crippen LogP contribution in [0.15, 0.2) is 24.3 Å². The maximum Gasteiger partial charge on any atom is 0.348 e. The fraction of sp³-hybridized carbons (Fsp3) is 0.222. The van der Waals surface area contributed by atoms with E-state index in [0.29, 0.717) is 11.5 Å². The summed E-state index contributed by atoms with van der Waals surface area (Å²) in [5.74, 6) is 0.0793. The highest BCUT2D eigenvalue weighted by Crippen LogP contribution is 2.30. The summed E-state index contributed by atoms with van der Waals surface area (Å²) in [5.41, 5.74) is 0. The summed E-state index contributed by atoms with van der Waals surface area (Å²) in [6.45, 7) is 0.0619. The molecule has 0 fully saturated rings. The molecule has 68 valence electrons. The fourth-order valence-electron chi connectivity index (χ4n) is 1.14. The summed E-state index contributed by atoms with van der Waals surface area (Å²) in [4.78, 5) is 10.6. The van der Waals surface area contributed by atoms with Gasteiger partial charge in [-0.15, -0.1) is 0 Å². The van der Waals surface area contributed by atoms with Crippen LogP contribution in [0.1, 0.15) is 0 Å². The quantitative estimate of drug-likeness (QED) is 0.697. The Kier molecular flexibility index (Phi) is 1.81. The Morgan fingerprint density at radius 1 is 1.38 bits per heavy atom. The Balaban J connectivity index is 2.24. The van der Waals surface area contributed by atoms with E-state index in [-0.39, 0.29) is 6.61 Å². The van der Waals surface area contributed by atoms with Gasteiger partial charge in [-0.1, -0.05) is 12.1 Å². The smallest absolute Gasteiger partial charge is 0.348 e. The Bertz CT molecular complexity index is 334. The summed E-state index contributed by atoms with van der Waals surface area (Å²) < 4.78 is 10.4. The fourth-order valence-corrected chi connectivity index (χ4v) is 1.14. The van der Waals surface area contributed by atoms with Crippen LogP contribution in [0.2, 0.25) is 0 Å². The van der Waals surface area contributed by atoms with Crippen LogP contribution in [0.3, 0.4) is 0 Å². The molecule has 1 N–H and O–H groups in total. The van der Waals surface area contributed by atoms with Crippen LogP contribution in [-0.4, -0.2) is 23.8 Å². The normalized spacial score (nSPS) is 19.5. The largest absolute Gasteiger partial charge is 0.485 e. The second-order valence-corrected chi connectivity index (χ2v) is 2.70. The Hall–Kier alpha value is -1.71. The van der Waals surface area contributed by atoms with Crippen molar-refractivity contribution in [1.29, 1.82) is 0 Å². The van der Waals surface area contributed by atoms with Crippen molar-refractivity contribution in [3.63, 3.8) is 0 Å². The van der Waals surface area contributed by atoms with Crippen molar-refractivity contribution in [1.82, 2.24) is 0 Å². The molecule has 0 aliphatic carbocycles. The zero-order valence-electron chi connectivity index (χ0n) is 6.77. The van der Waals surface area contributed by atoms with Gasteiger partial charge in [-0.3, -0.25) is 0 Å². The second kappa shape index (κ2) is 2.97. The van der Waals surface area contributed by atoms with Gasteiger partial charge in [0.15, 0.2) is 11.5 Å². The second-order valence-electron chi connectivity index (χ2n) is 2.70.